The number of methoxy groups -OCH3 is 2. The van der Waals surface area contributed by atoms with E-state index in [0.717, 1.165) is 5.56 Å². The molecule has 0 unspecified atom stereocenters. The van der Waals surface area contributed by atoms with Gasteiger partial charge < -0.3 is 19.1 Å². The first kappa shape index (κ1) is 27.1. The van der Waals surface area contributed by atoms with Crippen LogP contribution in [0.25, 0.3) is 0 Å². The van der Waals surface area contributed by atoms with Crippen LogP contribution in [0.5, 0.6) is 11.5 Å². The Labute approximate surface area is 212 Å². The summed E-state index contributed by atoms with van der Waals surface area (Å²) in [5.41, 5.74) is 1.21. The number of hydrogen-bond donors (Lipinski definition) is 0. The number of amides is 1. The number of carbonyl (C=O) groups is 2. The van der Waals surface area contributed by atoms with E-state index >= 15 is 0 Å². The second-order valence-corrected chi connectivity index (χ2v) is 8.83. The Kier molecular flexibility index (Phi) is 9.35. The topological polar surface area (TPSA) is 78.0 Å². The standard InChI is InChI=1S/C26H28F2N2O5S/c1-5-35-26(32)21-15-36-24(29-21)14-30(11-7-8-18-19(27)9-6-10-20(18)28)25(31)17-12-22(33-3)16(2)23(13-17)34-4/h6,9-10,12-13,15H,5,7-8,11,14H2,1-4H3. The van der Waals surface area contributed by atoms with Gasteiger partial charge in [0.2, 0.25) is 0 Å². The van der Waals surface area contributed by atoms with Crippen LogP contribution in [-0.4, -0.2) is 49.1 Å². The maximum absolute atomic E-state index is 14.1. The number of esters is 1. The normalized spacial score (nSPS) is 10.7. The minimum Gasteiger partial charge on any atom is -0.496 e. The average Bonchev–Trinajstić information content (AvgIpc) is 3.34. The number of nitrogens with zero attached hydrogens (tertiary/aromatic N) is 2. The van der Waals surface area contributed by atoms with E-state index in [0.29, 0.717) is 28.5 Å². The molecule has 1 heterocycles. The molecule has 3 rings (SSSR count). The molecule has 10 heteroatoms. The summed E-state index contributed by atoms with van der Waals surface area (Å²) in [5, 5.41) is 2.09. The van der Waals surface area contributed by atoms with E-state index in [-0.39, 0.29) is 43.3 Å². The van der Waals surface area contributed by atoms with Gasteiger partial charge in [-0.05, 0) is 51.0 Å². The summed E-state index contributed by atoms with van der Waals surface area (Å²) >= 11 is 1.22. The lowest BCUT2D eigenvalue weighted by Crippen LogP contribution is -2.32. The van der Waals surface area contributed by atoms with Crippen molar-refractivity contribution in [2.75, 3.05) is 27.4 Å². The minimum atomic E-state index is -0.625. The van der Waals surface area contributed by atoms with Crippen molar-refractivity contribution in [1.82, 2.24) is 9.88 Å². The highest BCUT2D eigenvalue weighted by Crippen LogP contribution is 2.30. The molecule has 192 valence electrons. The molecular weight excluding hydrogens is 490 g/mol. The monoisotopic (exact) mass is 518 g/mol. The third-order valence-corrected chi connectivity index (χ3v) is 6.40. The number of aromatic nitrogens is 1. The van der Waals surface area contributed by atoms with Crippen molar-refractivity contribution in [3.05, 3.63) is 74.7 Å². The van der Waals surface area contributed by atoms with Crippen molar-refractivity contribution in [1.29, 1.82) is 0 Å². The van der Waals surface area contributed by atoms with Crippen molar-refractivity contribution >= 4 is 23.2 Å². The molecule has 36 heavy (non-hydrogen) atoms. The van der Waals surface area contributed by atoms with E-state index in [2.05, 4.69) is 4.98 Å². The SMILES string of the molecule is CCOC(=O)c1csc(CN(CCCc2c(F)cccc2F)C(=O)c2cc(OC)c(C)c(OC)c2)n1. The zero-order valence-corrected chi connectivity index (χ0v) is 21.4. The van der Waals surface area contributed by atoms with Gasteiger partial charge in [-0.15, -0.1) is 11.3 Å². The van der Waals surface area contributed by atoms with Crippen LogP contribution in [0.15, 0.2) is 35.7 Å². The summed E-state index contributed by atoms with van der Waals surface area (Å²) in [6.45, 7) is 4.04. The summed E-state index contributed by atoms with van der Waals surface area (Å²) in [7, 11) is 3.01. The quantitative estimate of drug-likeness (QED) is 0.325. The molecule has 2 aromatic carbocycles. The van der Waals surface area contributed by atoms with Crippen molar-refractivity contribution in [2.24, 2.45) is 0 Å². The van der Waals surface area contributed by atoms with Crippen LogP contribution in [0.1, 0.15) is 50.3 Å². The maximum Gasteiger partial charge on any atom is 0.357 e. The molecule has 0 aliphatic rings. The molecule has 7 nitrogen and oxygen atoms in total. The summed E-state index contributed by atoms with van der Waals surface area (Å²) in [6, 6.07) is 6.97. The second kappa shape index (κ2) is 12.4. The Hall–Kier alpha value is -3.53. The number of rotatable bonds is 11. The predicted molar refractivity (Wildman–Crippen MR) is 132 cm³/mol. The van der Waals surface area contributed by atoms with Crippen LogP contribution in [-0.2, 0) is 17.7 Å². The molecule has 0 saturated heterocycles. The summed E-state index contributed by atoms with van der Waals surface area (Å²) in [5.74, 6) is -1.15. The molecule has 0 saturated carbocycles. The smallest absolute Gasteiger partial charge is 0.357 e. The largest absolute Gasteiger partial charge is 0.496 e. The Morgan fingerprint density at radius 3 is 2.31 bits per heavy atom. The molecule has 0 atom stereocenters. The molecule has 0 N–H and O–H groups in total. The number of halogens is 2. The van der Waals surface area contributed by atoms with Gasteiger partial charge in [0.15, 0.2) is 5.69 Å². The Balaban J connectivity index is 1.86. The third kappa shape index (κ3) is 6.37. The number of carbonyl (C=O) groups excluding carboxylic acids is 2. The highest BCUT2D eigenvalue weighted by Gasteiger charge is 2.22. The lowest BCUT2D eigenvalue weighted by Gasteiger charge is -2.23. The van der Waals surface area contributed by atoms with Gasteiger partial charge in [0, 0.05) is 28.6 Å². The number of benzene rings is 2. The highest BCUT2D eigenvalue weighted by atomic mass is 32.1. The van der Waals surface area contributed by atoms with E-state index in [1.165, 1.54) is 48.7 Å². The molecule has 3 aromatic rings. The van der Waals surface area contributed by atoms with Crippen molar-refractivity contribution in [3.63, 3.8) is 0 Å². The summed E-state index contributed by atoms with van der Waals surface area (Å²) in [4.78, 5) is 31.4. The van der Waals surface area contributed by atoms with Gasteiger partial charge in [-0.3, -0.25) is 4.79 Å². The first-order chi connectivity index (χ1) is 17.3. The Morgan fingerprint density at radius 2 is 1.72 bits per heavy atom. The van der Waals surface area contributed by atoms with Crippen molar-refractivity contribution < 1.29 is 32.6 Å². The fourth-order valence-corrected chi connectivity index (χ4v) is 4.49. The van der Waals surface area contributed by atoms with Crippen LogP contribution in [0.2, 0.25) is 0 Å². The zero-order valence-electron chi connectivity index (χ0n) is 20.6. The lowest BCUT2D eigenvalue weighted by molar-refractivity contribution is 0.0520. The van der Waals surface area contributed by atoms with Gasteiger partial charge in [0.1, 0.15) is 28.1 Å². The number of hydrogen-bond acceptors (Lipinski definition) is 7. The lowest BCUT2D eigenvalue weighted by atomic mass is 10.1. The fraction of sp³-hybridized carbons (Fsp3) is 0.346. The molecule has 0 spiro atoms. The molecule has 1 amide bonds. The summed E-state index contributed by atoms with van der Waals surface area (Å²) in [6.07, 6.45) is 0.411. The van der Waals surface area contributed by atoms with Gasteiger partial charge in [-0.1, -0.05) is 6.07 Å². The fourth-order valence-electron chi connectivity index (χ4n) is 3.71. The van der Waals surface area contributed by atoms with E-state index in [1.54, 1.807) is 24.4 Å². The van der Waals surface area contributed by atoms with Gasteiger partial charge in [-0.25, -0.2) is 18.6 Å². The third-order valence-electron chi connectivity index (χ3n) is 5.57. The summed E-state index contributed by atoms with van der Waals surface area (Å²) < 4.78 is 44.0. The number of ether oxygens (including phenoxy) is 3. The van der Waals surface area contributed by atoms with Crippen LogP contribution < -0.4 is 9.47 Å². The van der Waals surface area contributed by atoms with Crippen LogP contribution in [0.3, 0.4) is 0 Å². The predicted octanol–water partition coefficient (Wildman–Crippen LogP) is 5.20. The van der Waals surface area contributed by atoms with Gasteiger partial charge in [0.25, 0.3) is 5.91 Å². The Bertz CT molecular complexity index is 1190. The number of thiazole rings is 1. The van der Waals surface area contributed by atoms with Crippen LogP contribution >= 0.6 is 11.3 Å². The molecule has 0 radical (unpaired) electrons. The van der Waals surface area contributed by atoms with Crippen LogP contribution in [0.4, 0.5) is 8.78 Å². The molecule has 0 aliphatic carbocycles. The first-order valence-corrected chi connectivity index (χ1v) is 12.2. The molecule has 0 fully saturated rings. The molecule has 1 aromatic heterocycles. The second-order valence-electron chi connectivity index (χ2n) is 7.88. The van der Waals surface area contributed by atoms with Crippen LogP contribution in [0, 0.1) is 18.6 Å². The Morgan fingerprint density at radius 1 is 1.08 bits per heavy atom. The molecule has 0 bridgehead atoms. The maximum atomic E-state index is 14.1. The average molecular weight is 519 g/mol. The molecular formula is C26H28F2N2O5S. The molecule has 0 aliphatic heterocycles. The van der Waals surface area contributed by atoms with E-state index in [4.69, 9.17) is 14.2 Å². The van der Waals surface area contributed by atoms with Gasteiger partial charge in [0.05, 0.1) is 27.4 Å². The van der Waals surface area contributed by atoms with E-state index < -0.39 is 17.6 Å². The van der Waals surface area contributed by atoms with Gasteiger partial charge >= 0.3 is 5.97 Å². The highest BCUT2D eigenvalue weighted by molar-refractivity contribution is 7.09. The van der Waals surface area contributed by atoms with E-state index in [1.807, 2.05) is 6.92 Å². The van der Waals surface area contributed by atoms with Crippen molar-refractivity contribution in [3.8, 4) is 11.5 Å². The zero-order chi connectivity index (χ0) is 26.2. The minimum absolute atomic E-state index is 0.0255. The first-order valence-electron chi connectivity index (χ1n) is 11.3. The van der Waals surface area contributed by atoms with Crippen molar-refractivity contribution in [2.45, 2.75) is 33.2 Å². The van der Waals surface area contributed by atoms with E-state index in [9.17, 15) is 18.4 Å². The van der Waals surface area contributed by atoms with Gasteiger partial charge in [-0.2, -0.15) is 0 Å².